The Morgan fingerprint density at radius 1 is 1.33 bits per heavy atom. The maximum Gasteiger partial charge on any atom is 0.161 e. The molecule has 4 heteroatoms. The number of fused-ring (bicyclic) bond motifs is 1. The molecule has 1 heterocycles. The zero-order valence-corrected chi connectivity index (χ0v) is 12.7. The van der Waals surface area contributed by atoms with Gasteiger partial charge in [-0.25, -0.2) is 0 Å². The first-order valence-corrected chi connectivity index (χ1v) is 7.26. The van der Waals surface area contributed by atoms with Gasteiger partial charge in [0.2, 0.25) is 0 Å². The highest BCUT2D eigenvalue weighted by molar-refractivity contribution is 5.48. The topological polar surface area (TPSA) is 41.9 Å². The minimum absolute atomic E-state index is 0.0365. The molecule has 0 amide bonds. The van der Waals surface area contributed by atoms with E-state index in [2.05, 4.69) is 11.0 Å². The lowest BCUT2D eigenvalue weighted by molar-refractivity contribution is 0.137. The molecule has 1 fully saturated rings. The van der Waals surface area contributed by atoms with Crippen molar-refractivity contribution < 1.29 is 16.0 Å². The molecule has 0 saturated carbocycles. The van der Waals surface area contributed by atoms with Crippen molar-refractivity contribution in [3.8, 4) is 11.5 Å². The second-order valence-electron chi connectivity index (χ2n) is 5.83. The minimum Gasteiger partial charge on any atom is -0.493 e. The van der Waals surface area contributed by atoms with Crippen molar-refractivity contribution >= 4 is 0 Å². The molecular formula is C17H23NO3. The van der Waals surface area contributed by atoms with Crippen LogP contribution in [0.2, 0.25) is 0 Å². The van der Waals surface area contributed by atoms with Crippen LogP contribution in [0.25, 0.3) is 0 Å². The van der Waals surface area contributed by atoms with Crippen molar-refractivity contribution in [2.24, 2.45) is 0 Å². The number of hydrogen-bond acceptors (Lipinski definition) is 4. The summed E-state index contributed by atoms with van der Waals surface area (Å²) in [5.74, 6) is 1.40. The van der Waals surface area contributed by atoms with E-state index in [1.165, 1.54) is 0 Å². The first-order valence-electron chi connectivity index (χ1n) is 7.83. The summed E-state index contributed by atoms with van der Waals surface area (Å²) in [6.45, 7) is 0.908. The van der Waals surface area contributed by atoms with Crippen LogP contribution in [0.5, 0.6) is 11.5 Å². The van der Waals surface area contributed by atoms with E-state index < -0.39 is 12.5 Å². The molecule has 0 aromatic heterocycles. The Kier molecular flexibility index (Phi) is 3.36. The van der Waals surface area contributed by atoms with E-state index in [1.54, 1.807) is 20.3 Å². The molecule has 4 nitrogen and oxygen atoms in total. The number of rotatable bonds is 3. The zero-order valence-electron chi connectivity index (χ0n) is 13.7. The molecule has 1 unspecified atom stereocenters. The normalized spacial score (nSPS) is 36.2. The molecule has 1 aliphatic heterocycles. The molecule has 1 saturated heterocycles. The molecule has 21 heavy (non-hydrogen) atoms. The van der Waals surface area contributed by atoms with Gasteiger partial charge in [-0.3, -0.25) is 0 Å². The summed E-state index contributed by atoms with van der Waals surface area (Å²) in [7, 11) is 5.28. The number of likely N-dealkylation sites (tertiary alicyclic amines) is 1. The van der Waals surface area contributed by atoms with Gasteiger partial charge in [-0.15, -0.1) is 0 Å². The van der Waals surface area contributed by atoms with E-state index in [9.17, 15) is 5.11 Å². The molecule has 3 rings (SSSR count). The highest BCUT2D eigenvalue weighted by atomic mass is 16.5. The second-order valence-corrected chi connectivity index (χ2v) is 5.83. The van der Waals surface area contributed by atoms with Gasteiger partial charge in [0.15, 0.2) is 11.5 Å². The molecule has 1 aromatic carbocycles. The minimum atomic E-state index is -0.709. The third-order valence-electron chi connectivity index (χ3n) is 4.77. The lowest BCUT2D eigenvalue weighted by Gasteiger charge is -2.39. The Morgan fingerprint density at radius 3 is 2.81 bits per heavy atom. The Labute approximate surface area is 127 Å². The monoisotopic (exact) mass is 290 g/mol. The van der Waals surface area contributed by atoms with E-state index >= 15 is 0 Å². The van der Waals surface area contributed by atoms with E-state index in [4.69, 9.17) is 10.8 Å². The molecule has 4 atom stereocenters. The Bertz CT molecular complexity index is 591. The van der Waals surface area contributed by atoms with Crippen LogP contribution in [0.15, 0.2) is 30.4 Å². The van der Waals surface area contributed by atoms with E-state index in [-0.39, 0.29) is 11.5 Å². The average molecular weight is 290 g/mol. The summed E-state index contributed by atoms with van der Waals surface area (Å²) >= 11 is 0. The first-order chi connectivity index (χ1) is 10.5. The van der Waals surface area contributed by atoms with Gasteiger partial charge in [-0.1, -0.05) is 18.2 Å². The summed E-state index contributed by atoms with van der Waals surface area (Å²) in [4.78, 5) is 2.18. The molecule has 114 valence electrons. The van der Waals surface area contributed by atoms with Crippen LogP contribution < -0.4 is 9.47 Å². The summed E-state index contributed by atoms with van der Waals surface area (Å²) in [6.07, 6.45) is 3.52. The largest absolute Gasteiger partial charge is 0.493 e. The molecule has 2 aliphatic rings. The van der Waals surface area contributed by atoms with Crippen LogP contribution >= 0.6 is 0 Å². The van der Waals surface area contributed by atoms with Crippen molar-refractivity contribution in [3.05, 3.63) is 35.9 Å². The molecule has 1 N–H and O–H groups in total. The first kappa shape index (κ1) is 13.2. The van der Waals surface area contributed by atoms with Crippen molar-refractivity contribution in [3.63, 3.8) is 0 Å². The van der Waals surface area contributed by atoms with Crippen LogP contribution in [0.4, 0.5) is 0 Å². The van der Waals surface area contributed by atoms with Crippen molar-refractivity contribution in [1.29, 1.82) is 0 Å². The summed E-state index contributed by atoms with van der Waals surface area (Å²) < 4.78 is 19.1. The number of nitrogens with zero attached hydrogens (tertiary/aromatic N) is 1. The number of likely N-dealkylation sites (N-methyl/N-ethyl adjacent to an activating group) is 1. The Morgan fingerprint density at radius 2 is 2.10 bits per heavy atom. The smallest absolute Gasteiger partial charge is 0.161 e. The molecule has 1 aromatic rings. The molecular weight excluding hydrogens is 266 g/mol. The van der Waals surface area contributed by atoms with Gasteiger partial charge < -0.3 is 19.5 Å². The van der Waals surface area contributed by atoms with Crippen LogP contribution in [-0.4, -0.2) is 50.0 Å². The third kappa shape index (κ3) is 2.23. The maximum atomic E-state index is 10.0. The fraction of sp³-hybridized carbons (Fsp3) is 0.529. The predicted octanol–water partition coefficient (Wildman–Crippen LogP) is 1.97. The Balaban J connectivity index is 2.10. The number of benzene rings is 1. The van der Waals surface area contributed by atoms with Crippen LogP contribution in [0, 0.1) is 0 Å². The van der Waals surface area contributed by atoms with Gasteiger partial charge in [0.05, 0.1) is 20.3 Å². The Hall–Kier alpha value is -1.52. The SMILES string of the molecule is [2H]C1[C@@H]2N(C)CC[C@]2(c2ccc(OC)c(OC)c2)C=C[C@@H]1O. The molecule has 0 radical (unpaired) electrons. The molecule has 1 aliphatic carbocycles. The van der Waals surface area contributed by atoms with Gasteiger partial charge in [0.25, 0.3) is 0 Å². The summed E-state index contributed by atoms with van der Waals surface area (Å²) in [6, 6.07) is 5.92. The highest BCUT2D eigenvalue weighted by Crippen LogP contribution is 2.46. The van der Waals surface area contributed by atoms with Crippen LogP contribution in [0.3, 0.4) is 0 Å². The lowest BCUT2D eigenvalue weighted by Crippen LogP contribution is -2.44. The number of aliphatic hydroxyl groups is 1. The zero-order chi connectivity index (χ0) is 15.9. The second kappa shape index (κ2) is 5.35. The number of methoxy groups -OCH3 is 2. The van der Waals surface area contributed by atoms with Gasteiger partial charge in [-0.2, -0.15) is 0 Å². The van der Waals surface area contributed by atoms with E-state index in [0.717, 1.165) is 18.5 Å². The van der Waals surface area contributed by atoms with Crippen LogP contribution in [-0.2, 0) is 5.41 Å². The van der Waals surface area contributed by atoms with Gasteiger partial charge >= 0.3 is 0 Å². The fourth-order valence-electron chi connectivity index (χ4n) is 3.60. The van der Waals surface area contributed by atoms with Gasteiger partial charge in [0.1, 0.15) is 0 Å². The van der Waals surface area contributed by atoms with E-state index in [1.807, 2.05) is 25.2 Å². The standard InChI is InChI=1S/C17H23NO3/c1-18-9-8-17(7-6-13(19)11-16(17)18)12-4-5-14(20-2)15(10-12)21-3/h4-7,10,13,16,19H,8-9,11H2,1-3H3/t13-,16-,17-/m0/s1/i11D/t11?,13-,16-,17-. The quantitative estimate of drug-likeness (QED) is 0.864. The maximum absolute atomic E-state index is 10.0. The van der Waals surface area contributed by atoms with Crippen molar-refractivity contribution in [2.75, 3.05) is 27.8 Å². The predicted molar refractivity (Wildman–Crippen MR) is 82.0 cm³/mol. The van der Waals surface area contributed by atoms with Gasteiger partial charge in [0, 0.05) is 12.8 Å². The van der Waals surface area contributed by atoms with Crippen LogP contribution in [0.1, 0.15) is 19.8 Å². The average Bonchev–Trinajstić information content (AvgIpc) is 2.89. The molecule has 0 spiro atoms. The number of ether oxygens (including phenoxy) is 2. The number of aliphatic hydroxyl groups excluding tert-OH is 1. The summed E-state index contributed by atoms with van der Waals surface area (Å²) in [5.41, 5.74) is 0.861. The van der Waals surface area contributed by atoms with Crippen molar-refractivity contribution in [2.45, 2.75) is 30.4 Å². The molecule has 0 bridgehead atoms. The third-order valence-corrected chi connectivity index (χ3v) is 4.77. The fourth-order valence-corrected chi connectivity index (χ4v) is 3.60. The lowest BCUT2D eigenvalue weighted by atomic mass is 9.69. The highest BCUT2D eigenvalue weighted by Gasteiger charge is 2.48. The van der Waals surface area contributed by atoms with E-state index in [0.29, 0.717) is 11.5 Å². The van der Waals surface area contributed by atoms with Gasteiger partial charge in [-0.05, 0) is 44.1 Å². The van der Waals surface area contributed by atoms with Crippen molar-refractivity contribution in [1.82, 2.24) is 4.90 Å². The summed E-state index contributed by atoms with van der Waals surface area (Å²) in [5, 5.41) is 10.0. The number of hydrogen-bond donors (Lipinski definition) is 1.